The van der Waals surface area contributed by atoms with Crippen LogP contribution in [-0.4, -0.2) is 6.04 Å². The second-order valence-electron chi connectivity index (χ2n) is 3.92. The molecule has 0 saturated heterocycles. The molecule has 1 aromatic rings. The van der Waals surface area contributed by atoms with Crippen LogP contribution in [0.5, 0.6) is 0 Å². The van der Waals surface area contributed by atoms with Gasteiger partial charge in [-0.25, -0.2) is 0 Å². The third-order valence-electron chi connectivity index (χ3n) is 2.71. The molecule has 0 aliphatic heterocycles. The van der Waals surface area contributed by atoms with E-state index in [9.17, 15) is 0 Å². The van der Waals surface area contributed by atoms with Crippen molar-refractivity contribution in [3.05, 3.63) is 53.8 Å². The van der Waals surface area contributed by atoms with Crippen molar-refractivity contribution in [2.24, 2.45) is 11.5 Å². The van der Waals surface area contributed by atoms with Gasteiger partial charge in [-0.05, 0) is 29.8 Å². The molecule has 2 unspecified atom stereocenters. The Kier molecular flexibility index (Phi) is 2.66. The van der Waals surface area contributed by atoms with E-state index >= 15 is 0 Å². The largest absolute Gasteiger partial charge is 0.399 e. The molecule has 0 aromatic heterocycles. The third kappa shape index (κ3) is 1.79. The molecule has 0 saturated carbocycles. The summed E-state index contributed by atoms with van der Waals surface area (Å²) in [6.45, 7) is 0. The molecule has 1 aliphatic rings. The van der Waals surface area contributed by atoms with Gasteiger partial charge >= 0.3 is 0 Å². The molecule has 6 N–H and O–H groups in total. The van der Waals surface area contributed by atoms with Gasteiger partial charge < -0.3 is 17.2 Å². The van der Waals surface area contributed by atoms with Crippen LogP contribution in [0, 0.1) is 0 Å². The van der Waals surface area contributed by atoms with Crippen molar-refractivity contribution in [1.82, 2.24) is 0 Å². The first kappa shape index (κ1) is 11.0. The number of alkyl halides is 1. The zero-order valence-corrected chi connectivity index (χ0v) is 9.48. The molecule has 2 rings (SSSR count). The van der Waals surface area contributed by atoms with Gasteiger partial charge in [0.25, 0.3) is 0 Å². The van der Waals surface area contributed by atoms with Gasteiger partial charge in [-0.15, -0.1) is 11.6 Å². The first-order chi connectivity index (χ1) is 7.52. The van der Waals surface area contributed by atoms with E-state index in [2.05, 4.69) is 0 Å². The minimum absolute atomic E-state index is 0.301. The van der Waals surface area contributed by atoms with Crippen molar-refractivity contribution in [2.45, 2.75) is 10.9 Å². The van der Waals surface area contributed by atoms with E-state index in [1.165, 1.54) is 0 Å². The number of nitrogen functional groups attached to an aromatic ring is 1. The van der Waals surface area contributed by atoms with Gasteiger partial charge in [-0.1, -0.05) is 18.2 Å². The number of nitrogens with two attached hydrogens (primary N) is 3. The zero-order valence-electron chi connectivity index (χ0n) is 8.73. The quantitative estimate of drug-likeness (QED) is 0.509. The summed E-state index contributed by atoms with van der Waals surface area (Å²) >= 11 is 6.52. The van der Waals surface area contributed by atoms with Gasteiger partial charge in [0.05, 0.1) is 6.04 Å². The summed E-state index contributed by atoms with van der Waals surface area (Å²) in [4.78, 5) is -0.785. The van der Waals surface area contributed by atoms with E-state index in [1.807, 2.05) is 12.1 Å². The molecule has 2 atom stereocenters. The maximum atomic E-state index is 6.52. The molecule has 1 aliphatic carbocycles. The highest BCUT2D eigenvalue weighted by Crippen LogP contribution is 2.37. The lowest BCUT2D eigenvalue weighted by atomic mass is 9.87. The Morgan fingerprint density at radius 1 is 1.12 bits per heavy atom. The van der Waals surface area contributed by atoms with Gasteiger partial charge in [-0.3, -0.25) is 0 Å². The Morgan fingerprint density at radius 2 is 1.75 bits per heavy atom. The Hall–Kier alpha value is -1.45. The normalized spacial score (nSPS) is 28.9. The summed E-state index contributed by atoms with van der Waals surface area (Å²) in [5, 5.41) is 0. The zero-order chi connectivity index (χ0) is 11.8. The average Bonchev–Trinajstić information content (AvgIpc) is 2.25. The van der Waals surface area contributed by atoms with Crippen molar-refractivity contribution in [1.29, 1.82) is 0 Å². The lowest BCUT2D eigenvalue weighted by molar-refractivity contribution is 0.640. The number of allylic oxidation sites excluding steroid dienone is 1. The van der Waals surface area contributed by atoms with Crippen LogP contribution in [0.25, 0.3) is 0 Å². The number of hydrogen-bond donors (Lipinski definition) is 3. The van der Waals surface area contributed by atoms with Crippen LogP contribution >= 0.6 is 11.6 Å². The second-order valence-corrected chi connectivity index (χ2v) is 4.54. The van der Waals surface area contributed by atoms with Crippen molar-refractivity contribution in [3.63, 3.8) is 0 Å². The second kappa shape index (κ2) is 3.85. The minimum atomic E-state index is -0.785. The van der Waals surface area contributed by atoms with Crippen molar-refractivity contribution >= 4 is 17.3 Å². The van der Waals surface area contributed by atoms with Crippen LogP contribution in [0.3, 0.4) is 0 Å². The maximum Gasteiger partial charge on any atom is 0.108 e. The number of hydrogen-bond acceptors (Lipinski definition) is 3. The average molecular weight is 236 g/mol. The van der Waals surface area contributed by atoms with Crippen LogP contribution in [0.15, 0.2) is 48.2 Å². The Balaban J connectivity index is 2.45. The van der Waals surface area contributed by atoms with Crippen LogP contribution in [0.2, 0.25) is 0 Å². The molecular weight excluding hydrogens is 222 g/mol. The van der Waals surface area contributed by atoms with E-state index in [-0.39, 0.29) is 6.04 Å². The highest BCUT2D eigenvalue weighted by Gasteiger charge is 2.35. The summed E-state index contributed by atoms with van der Waals surface area (Å²) in [6.07, 6.45) is 5.34. The molecular formula is C12H14ClN3. The minimum Gasteiger partial charge on any atom is -0.399 e. The van der Waals surface area contributed by atoms with Crippen molar-refractivity contribution in [3.8, 4) is 0 Å². The van der Waals surface area contributed by atoms with Gasteiger partial charge in [0.2, 0.25) is 0 Å². The fraction of sp³-hybridized carbons (Fsp3) is 0.167. The highest BCUT2D eigenvalue weighted by atomic mass is 35.5. The van der Waals surface area contributed by atoms with E-state index in [0.29, 0.717) is 11.4 Å². The molecule has 0 bridgehead atoms. The third-order valence-corrected chi connectivity index (χ3v) is 3.29. The van der Waals surface area contributed by atoms with Gasteiger partial charge in [0.15, 0.2) is 0 Å². The Bertz CT molecular complexity index is 450. The summed E-state index contributed by atoms with van der Waals surface area (Å²) in [5.74, 6) is 0. The molecule has 0 radical (unpaired) electrons. The maximum absolute atomic E-state index is 6.52. The topological polar surface area (TPSA) is 78.1 Å². The van der Waals surface area contributed by atoms with Gasteiger partial charge in [-0.2, -0.15) is 0 Å². The number of halogens is 1. The van der Waals surface area contributed by atoms with Crippen LogP contribution in [0.4, 0.5) is 5.69 Å². The molecule has 0 fully saturated rings. The summed E-state index contributed by atoms with van der Waals surface area (Å²) in [6, 6.07) is 7.03. The molecule has 1 aromatic carbocycles. The van der Waals surface area contributed by atoms with Crippen LogP contribution in [-0.2, 0) is 4.87 Å². The molecule has 4 heteroatoms. The first-order valence-corrected chi connectivity index (χ1v) is 5.37. The molecule has 84 valence electrons. The van der Waals surface area contributed by atoms with E-state index in [1.54, 1.807) is 30.4 Å². The molecule has 0 heterocycles. The number of rotatable bonds is 1. The molecule has 3 nitrogen and oxygen atoms in total. The highest BCUT2D eigenvalue weighted by molar-refractivity contribution is 6.26. The standard InChI is InChI=1S/C12H14ClN3/c13-12(7-10(15)5-6-11(12)16)8-1-3-9(14)4-2-8/h1-7,11H,14-16H2. The monoisotopic (exact) mass is 235 g/mol. The van der Waals surface area contributed by atoms with Crippen LogP contribution in [0.1, 0.15) is 5.56 Å². The fourth-order valence-electron chi connectivity index (χ4n) is 1.76. The van der Waals surface area contributed by atoms with E-state index in [4.69, 9.17) is 28.8 Å². The van der Waals surface area contributed by atoms with E-state index in [0.717, 1.165) is 5.56 Å². The molecule has 0 amide bonds. The smallest absolute Gasteiger partial charge is 0.108 e. The lowest BCUT2D eigenvalue weighted by Gasteiger charge is -2.31. The molecule has 16 heavy (non-hydrogen) atoms. The Labute approximate surface area is 99.6 Å². The van der Waals surface area contributed by atoms with E-state index < -0.39 is 4.87 Å². The van der Waals surface area contributed by atoms with Gasteiger partial charge in [0.1, 0.15) is 4.87 Å². The first-order valence-electron chi connectivity index (χ1n) is 4.99. The lowest BCUT2D eigenvalue weighted by Crippen LogP contribution is -2.40. The summed E-state index contributed by atoms with van der Waals surface area (Å²) in [5.41, 5.74) is 19.6. The fourth-order valence-corrected chi connectivity index (χ4v) is 2.08. The SMILES string of the molecule is NC1=CC(Cl)(c2ccc(N)cc2)C(N)C=C1. The van der Waals surface area contributed by atoms with Crippen molar-refractivity contribution < 1.29 is 0 Å². The Morgan fingerprint density at radius 3 is 2.38 bits per heavy atom. The predicted octanol–water partition coefficient (Wildman–Crippen LogP) is 1.44. The summed E-state index contributed by atoms with van der Waals surface area (Å²) in [7, 11) is 0. The van der Waals surface area contributed by atoms with Crippen molar-refractivity contribution in [2.75, 3.05) is 5.73 Å². The predicted molar refractivity (Wildman–Crippen MR) is 67.8 cm³/mol. The van der Waals surface area contributed by atoms with Gasteiger partial charge in [0, 0.05) is 11.4 Å². The number of anilines is 1. The number of benzene rings is 1. The summed E-state index contributed by atoms with van der Waals surface area (Å²) < 4.78 is 0. The molecule has 0 spiro atoms. The van der Waals surface area contributed by atoms with Crippen LogP contribution < -0.4 is 17.2 Å².